The number of hydrogen-bond donors (Lipinski definition) is 0. The van der Waals surface area contributed by atoms with E-state index in [1.165, 1.54) is 26.3 Å². The molecule has 0 unspecified atom stereocenters. The minimum absolute atomic E-state index is 0.765. The molecule has 0 saturated carbocycles. The first-order valence-electron chi connectivity index (χ1n) is 8.82. The molecular weight excluding hydrogens is 350 g/mol. The summed E-state index contributed by atoms with van der Waals surface area (Å²) in [6.07, 6.45) is 0. The van der Waals surface area contributed by atoms with Crippen molar-refractivity contribution in [3.63, 3.8) is 0 Å². The number of fused-ring (bicyclic) bond motifs is 2. The van der Waals surface area contributed by atoms with Gasteiger partial charge in [-0.1, -0.05) is 43.3 Å². The van der Waals surface area contributed by atoms with Crippen LogP contribution in [-0.4, -0.2) is 34.3 Å². The van der Waals surface area contributed by atoms with Gasteiger partial charge in [-0.05, 0) is 49.8 Å². The maximum atomic E-state index is 6.27. The highest BCUT2D eigenvalue weighted by atomic mass is 35.5. The van der Waals surface area contributed by atoms with Gasteiger partial charge in [0.2, 0.25) is 0 Å². The van der Waals surface area contributed by atoms with E-state index in [-0.39, 0.29) is 0 Å². The molecule has 25 heavy (non-hydrogen) atoms. The minimum Gasteiger partial charge on any atom is -0.302 e. The van der Waals surface area contributed by atoms with E-state index in [1.54, 1.807) is 0 Å². The zero-order chi connectivity index (χ0) is 17.6. The van der Waals surface area contributed by atoms with Crippen LogP contribution < -0.4 is 0 Å². The molecule has 1 aliphatic heterocycles. The molecule has 2 aromatic carbocycles. The number of halogens is 1. The summed E-state index contributed by atoms with van der Waals surface area (Å²) < 4.78 is 2.17. The Morgan fingerprint density at radius 1 is 1.16 bits per heavy atom. The smallest absolute Gasteiger partial charge is 0.102 e. The average molecular weight is 372 g/mol. The Labute approximate surface area is 158 Å². The van der Waals surface area contributed by atoms with E-state index in [2.05, 4.69) is 48.6 Å². The normalized spacial score (nSPS) is 12.8. The van der Waals surface area contributed by atoms with Gasteiger partial charge in [0.25, 0.3) is 0 Å². The zero-order valence-corrected chi connectivity index (χ0v) is 16.4. The van der Waals surface area contributed by atoms with E-state index < -0.39 is 0 Å². The van der Waals surface area contributed by atoms with Crippen molar-refractivity contribution in [3.8, 4) is 11.3 Å². The lowest BCUT2D eigenvalue weighted by atomic mass is 10.1. The Bertz CT molecular complexity index is 944. The van der Waals surface area contributed by atoms with Crippen LogP contribution in [0.2, 0.25) is 5.02 Å². The molecule has 0 fully saturated rings. The second-order valence-corrected chi connectivity index (χ2v) is 7.94. The maximum Gasteiger partial charge on any atom is 0.102 e. The molecule has 3 nitrogen and oxygen atoms in total. The largest absolute Gasteiger partial charge is 0.302 e. The van der Waals surface area contributed by atoms with Gasteiger partial charge in [-0.2, -0.15) is 5.10 Å². The Morgan fingerprint density at radius 2 is 1.96 bits per heavy atom. The average Bonchev–Trinajstić information content (AvgIpc) is 2.99. The van der Waals surface area contributed by atoms with Crippen molar-refractivity contribution < 1.29 is 0 Å². The summed E-state index contributed by atoms with van der Waals surface area (Å²) >= 11 is 8.10. The molecule has 0 aliphatic carbocycles. The number of hydrogen-bond acceptors (Lipinski definition) is 3. The molecule has 0 atom stereocenters. The van der Waals surface area contributed by atoms with E-state index in [0.29, 0.717) is 0 Å². The van der Waals surface area contributed by atoms with Crippen molar-refractivity contribution in [2.24, 2.45) is 0 Å². The molecule has 0 spiro atoms. The van der Waals surface area contributed by atoms with Gasteiger partial charge < -0.3 is 4.90 Å². The van der Waals surface area contributed by atoms with Gasteiger partial charge in [-0.15, -0.1) is 0 Å². The molecule has 2 heterocycles. The fourth-order valence-corrected chi connectivity index (χ4v) is 4.82. The highest BCUT2D eigenvalue weighted by Crippen LogP contribution is 2.49. The summed E-state index contributed by atoms with van der Waals surface area (Å²) in [5, 5.41) is 7.04. The molecule has 0 amide bonds. The fraction of sp³-hybridized carbons (Fsp3) is 0.350. The van der Waals surface area contributed by atoms with Gasteiger partial charge in [0.05, 0.1) is 12.1 Å². The number of aromatic nitrogens is 2. The molecule has 5 heteroatoms. The van der Waals surface area contributed by atoms with Crippen molar-refractivity contribution in [2.45, 2.75) is 37.1 Å². The van der Waals surface area contributed by atoms with Gasteiger partial charge in [0.1, 0.15) is 5.69 Å². The molecule has 0 bridgehead atoms. The van der Waals surface area contributed by atoms with Crippen LogP contribution >= 0.6 is 23.4 Å². The van der Waals surface area contributed by atoms with Crippen molar-refractivity contribution in [1.82, 2.24) is 14.7 Å². The summed E-state index contributed by atoms with van der Waals surface area (Å²) in [6, 6.07) is 10.5. The SMILES string of the molecule is CCN(CC)CCn1nc2c3c(c(C)ccc31)Sc1ccc(Cl)cc1-2. The second kappa shape index (κ2) is 6.67. The van der Waals surface area contributed by atoms with Crippen LogP contribution in [0.3, 0.4) is 0 Å². The zero-order valence-electron chi connectivity index (χ0n) is 14.8. The molecule has 1 aromatic heterocycles. The van der Waals surface area contributed by atoms with E-state index in [0.717, 1.165) is 42.5 Å². The molecule has 0 radical (unpaired) electrons. The molecule has 130 valence electrons. The minimum atomic E-state index is 0.765. The Morgan fingerprint density at radius 3 is 2.72 bits per heavy atom. The summed E-state index contributed by atoms with van der Waals surface area (Å²) in [7, 11) is 0. The van der Waals surface area contributed by atoms with Crippen molar-refractivity contribution in [3.05, 3.63) is 40.9 Å². The third kappa shape index (κ3) is 2.86. The fourth-order valence-electron chi connectivity index (χ4n) is 3.50. The highest BCUT2D eigenvalue weighted by molar-refractivity contribution is 7.99. The van der Waals surface area contributed by atoms with E-state index >= 15 is 0 Å². The standard InChI is InChI=1S/C20H22ClN3S/c1-4-23(5-2)10-11-24-16-8-6-13(3)20-18(16)19(22-24)15-12-14(21)7-9-17(15)25-20/h6-9,12H,4-5,10-11H2,1-3H3. The number of nitrogens with zero attached hydrogens (tertiary/aromatic N) is 3. The van der Waals surface area contributed by atoms with Gasteiger partial charge in [-0.3, -0.25) is 4.68 Å². The first kappa shape index (κ1) is 17.0. The van der Waals surface area contributed by atoms with Crippen LogP contribution in [-0.2, 0) is 6.54 Å². The van der Waals surface area contributed by atoms with E-state index in [9.17, 15) is 0 Å². The van der Waals surface area contributed by atoms with Crippen LogP contribution in [0, 0.1) is 6.92 Å². The van der Waals surface area contributed by atoms with Crippen LogP contribution in [0.5, 0.6) is 0 Å². The topological polar surface area (TPSA) is 21.1 Å². The summed E-state index contributed by atoms with van der Waals surface area (Å²) in [5.74, 6) is 0. The van der Waals surface area contributed by atoms with E-state index in [1.807, 2.05) is 23.9 Å². The number of rotatable bonds is 5. The van der Waals surface area contributed by atoms with Crippen LogP contribution in [0.25, 0.3) is 22.2 Å². The highest BCUT2D eigenvalue weighted by Gasteiger charge is 2.25. The van der Waals surface area contributed by atoms with Gasteiger partial charge in [0, 0.05) is 32.3 Å². The Balaban J connectivity index is 1.86. The Kier molecular flexibility index (Phi) is 4.52. The lowest BCUT2D eigenvalue weighted by molar-refractivity contribution is 0.287. The number of benzene rings is 2. The van der Waals surface area contributed by atoms with Crippen LogP contribution in [0.15, 0.2) is 40.1 Å². The first-order valence-corrected chi connectivity index (χ1v) is 10.0. The van der Waals surface area contributed by atoms with Crippen molar-refractivity contribution in [1.29, 1.82) is 0 Å². The summed E-state index contributed by atoms with van der Waals surface area (Å²) in [6.45, 7) is 10.7. The Hall–Kier alpha value is -1.49. The maximum absolute atomic E-state index is 6.27. The molecular formula is C20H22ClN3S. The van der Waals surface area contributed by atoms with E-state index in [4.69, 9.17) is 16.7 Å². The molecule has 1 aliphatic rings. The molecule has 0 N–H and O–H groups in total. The number of aryl methyl sites for hydroxylation is 1. The third-order valence-electron chi connectivity index (χ3n) is 5.00. The first-order chi connectivity index (χ1) is 12.1. The molecule has 3 aromatic rings. The lowest BCUT2D eigenvalue weighted by Gasteiger charge is -2.18. The third-order valence-corrected chi connectivity index (χ3v) is 6.54. The van der Waals surface area contributed by atoms with Gasteiger partial charge in [0.15, 0.2) is 0 Å². The summed E-state index contributed by atoms with van der Waals surface area (Å²) in [5.41, 5.74) is 4.76. The monoisotopic (exact) mass is 371 g/mol. The molecule has 4 rings (SSSR count). The molecule has 0 saturated heterocycles. The van der Waals surface area contributed by atoms with Crippen LogP contribution in [0.4, 0.5) is 0 Å². The quantitative estimate of drug-likeness (QED) is 0.464. The second-order valence-electron chi connectivity index (χ2n) is 6.45. The predicted molar refractivity (Wildman–Crippen MR) is 107 cm³/mol. The van der Waals surface area contributed by atoms with Gasteiger partial charge >= 0.3 is 0 Å². The number of likely N-dealkylation sites (N-methyl/N-ethyl adjacent to an activating group) is 1. The van der Waals surface area contributed by atoms with Crippen LogP contribution in [0.1, 0.15) is 19.4 Å². The lowest BCUT2D eigenvalue weighted by Crippen LogP contribution is -2.27. The summed E-state index contributed by atoms with van der Waals surface area (Å²) in [4.78, 5) is 5.00. The van der Waals surface area contributed by atoms with Crippen molar-refractivity contribution in [2.75, 3.05) is 19.6 Å². The van der Waals surface area contributed by atoms with Gasteiger partial charge in [-0.25, -0.2) is 0 Å². The van der Waals surface area contributed by atoms with Crippen molar-refractivity contribution >= 4 is 34.3 Å². The predicted octanol–water partition coefficient (Wildman–Crippen LogP) is 5.47.